The lowest BCUT2D eigenvalue weighted by molar-refractivity contribution is 0.660. The molecule has 0 saturated carbocycles. The Balaban J connectivity index is 1.19. The number of hydrogen-bond donors (Lipinski definition) is 0. The maximum absolute atomic E-state index is 9.41. The molecule has 0 N–H and O–H groups in total. The quantitative estimate of drug-likeness (QED) is 0.171. The molecule has 1 heteroatoms. The Morgan fingerprint density at radius 1 is 0.442 bits per heavy atom. The van der Waals surface area contributed by atoms with E-state index in [9.17, 15) is 5.48 Å². The molecule has 0 spiro atoms. The fourth-order valence-corrected chi connectivity index (χ4v) is 8.59. The van der Waals surface area contributed by atoms with Crippen LogP contribution in [0.15, 0.2) is 174 Å². The maximum Gasteiger partial charge on any atom is 0.143 e. The van der Waals surface area contributed by atoms with Crippen LogP contribution in [0, 0.1) is 0 Å². The van der Waals surface area contributed by atoms with Gasteiger partial charge >= 0.3 is 0 Å². The number of benzene rings is 9. The van der Waals surface area contributed by atoms with Crippen LogP contribution in [0.2, 0.25) is 0 Å². The zero-order valence-electron chi connectivity index (χ0n) is 36.5. The van der Waals surface area contributed by atoms with Crippen molar-refractivity contribution in [1.29, 1.82) is 0 Å². The highest BCUT2D eigenvalue weighted by atomic mass is 16.3. The van der Waals surface area contributed by atoms with Crippen molar-refractivity contribution in [3.63, 3.8) is 0 Å². The molecule has 11 rings (SSSR count). The van der Waals surface area contributed by atoms with E-state index in [0.717, 1.165) is 32.7 Å². The van der Waals surface area contributed by atoms with Crippen molar-refractivity contribution in [2.75, 3.05) is 0 Å². The Kier molecular flexibility index (Phi) is 4.64. The van der Waals surface area contributed by atoms with Crippen molar-refractivity contribution in [1.82, 2.24) is 0 Å². The molecule has 0 aliphatic heterocycles. The van der Waals surface area contributed by atoms with Gasteiger partial charge in [-0.1, -0.05) is 159 Å². The molecular weight excluding hydrogens is 629 g/mol. The van der Waals surface area contributed by atoms with Gasteiger partial charge in [0.25, 0.3) is 0 Å². The molecule has 10 aromatic rings. The minimum atomic E-state index is -0.432. The Morgan fingerprint density at radius 3 is 1.79 bits per heavy atom. The zero-order valence-corrected chi connectivity index (χ0v) is 28.5. The van der Waals surface area contributed by atoms with E-state index in [0.29, 0.717) is 33.4 Å². The van der Waals surface area contributed by atoms with Crippen LogP contribution in [-0.2, 0) is 5.41 Å². The normalized spacial score (nSPS) is 15.5. The molecule has 0 amide bonds. The molecule has 1 aromatic heterocycles. The molecule has 1 heterocycles. The van der Waals surface area contributed by atoms with Gasteiger partial charge in [0.2, 0.25) is 0 Å². The van der Waals surface area contributed by atoms with E-state index >= 15 is 0 Å². The van der Waals surface area contributed by atoms with Crippen LogP contribution in [0.25, 0.3) is 98.8 Å². The van der Waals surface area contributed by atoms with Gasteiger partial charge in [-0.15, -0.1) is 0 Å². The number of hydrogen-bond acceptors (Lipinski definition) is 1. The van der Waals surface area contributed by atoms with Crippen LogP contribution in [0.1, 0.15) is 35.9 Å². The predicted octanol–water partition coefficient (Wildman–Crippen LogP) is 14.4. The summed E-state index contributed by atoms with van der Waals surface area (Å²) in [6.45, 7) is 4.49. The second-order valence-electron chi connectivity index (χ2n) is 14.2. The Labute approximate surface area is 313 Å². The van der Waals surface area contributed by atoms with Gasteiger partial charge in [0.15, 0.2) is 0 Å². The number of fused-ring (bicyclic) bond motifs is 10. The second-order valence-corrected chi connectivity index (χ2v) is 14.2. The first-order valence-electron chi connectivity index (χ1n) is 21.5. The highest BCUT2D eigenvalue weighted by Gasteiger charge is 2.35. The van der Waals surface area contributed by atoms with Gasteiger partial charge in [-0.25, -0.2) is 0 Å². The Bertz CT molecular complexity index is 3470. The van der Waals surface area contributed by atoms with Gasteiger partial charge in [0, 0.05) is 21.6 Å². The van der Waals surface area contributed by atoms with Gasteiger partial charge in [-0.2, -0.15) is 0 Å². The third-order valence-corrected chi connectivity index (χ3v) is 11.1. The van der Waals surface area contributed by atoms with E-state index in [4.69, 9.17) is 9.90 Å². The van der Waals surface area contributed by atoms with Gasteiger partial charge in [-0.05, 0) is 107 Å². The minimum Gasteiger partial charge on any atom is -0.455 e. The van der Waals surface area contributed by atoms with Crippen molar-refractivity contribution >= 4 is 54.3 Å². The molecule has 0 atom stereocenters. The fourth-order valence-electron chi connectivity index (χ4n) is 8.59. The van der Waals surface area contributed by atoms with E-state index in [2.05, 4.69) is 56.3 Å². The van der Waals surface area contributed by atoms with Crippen molar-refractivity contribution < 1.29 is 15.4 Å². The standard InChI is InChI=1S/C51H34O/c1-51(2)45-18-10-9-13-37(45)43-29-34(24-27-46(43)51)31-19-21-33(22-20-31)48-38-14-5-7-16-40(38)49(41-17-8-6-15-39(41)48)35-25-28-47-44(30-35)42-26-23-32-11-3-4-12-36(32)50(42)52-47/h3-30H,1-2H3/i5D,6D,7D,8D,14D,15D,16D,17D. The summed E-state index contributed by atoms with van der Waals surface area (Å²) in [4.78, 5) is 0. The summed E-state index contributed by atoms with van der Waals surface area (Å²) < 4.78 is 79.5. The third kappa shape index (κ3) is 4.11. The number of rotatable bonds is 3. The highest BCUT2D eigenvalue weighted by molar-refractivity contribution is 6.22. The summed E-state index contributed by atoms with van der Waals surface area (Å²) in [7, 11) is 0. The first kappa shape index (κ1) is 22.4. The lowest BCUT2D eigenvalue weighted by atomic mass is 9.82. The fraction of sp³-hybridized carbons (Fsp3) is 0.0588. The molecule has 0 unspecified atom stereocenters. The van der Waals surface area contributed by atoms with Crippen molar-refractivity contribution in [2.45, 2.75) is 19.3 Å². The largest absolute Gasteiger partial charge is 0.455 e. The summed E-state index contributed by atoms with van der Waals surface area (Å²) in [6, 6.07) is 37.3. The SMILES string of the molecule is [2H]c1c([2H])c([2H])c2c(-c3ccc4oc5c6ccccc6ccc5c4c3)c3c([2H])c([2H])c([2H])c([2H])c3c(-c3ccc(-c4ccc5c(c4)-c4ccccc4C5(C)C)cc3)c2c1[2H]. The van der Waals surface area contributed by atoms with Gasteiger partial charge < -0.3 is 4.42 Å². The van der Waals surface area contributed by atoms with E-state index in [1.54, 1.807) is 6.07 Å². The maximum atomic E-state index is 9.41. The topological polar surface area (TPSA) is 13.1 Å². The van der Waals surface area contributed by atoms with Gasteiger partial charge in [0.1, 0.15) is 11.2 Å². The van der Waals surface area contributed by atoms with E-state index in [1.807, 2.05) is 72.8 Å². The third-order valence-electron chi connectivity index (χ3n) is 11.1. The van der Waals surface area contributed by atoms with Gasteiger partial charge in [-0.3, -0.25) is 0 Å². The lowest BCUT2D eigenvalue weighted by Crippen LogP contribution is -2.14. The van der Waals surface area contributed by atoms with E-state index in [1.165, 1.54) is 22.3 Å². The van der Waals surface area contributed by atoms with Crippen molar-refractivity contribution in [3.05, 3.63) is 181 Å². The molecule has 1 nitrogen and oxygen atoms in total. The molecule has 0 radical (unpaired) electrons. The molecule has 0 bridgehead atoms. The van der Waals surface area contributed by atoms with Crippen LogP contribution in [0.3, 0.4) is 0 Å². The predicted molar refractivity (Wildman–Crippen MR) is 220 cm³/mol. The molecule has 9 aromatic carbocycles. The number of furan rings is 1. The first-order chi connectivity index (χ1) is 28.9. The van der Waals surface area contributed by atoms with Crippen LogP contribution in [0.4, 0.5) is 0 Å². The molecule has 0 fully saturated rings. The van der Waals surface area contributed by atoms with Crippen LogP contribution in [0.5, 0.6) is 0 Å². The van der Waals surface area contributed by atoms with Crippen LogP contribution in [-0.4, -0.2) is 0 Å². The average molecular weight is 671 g/mol. The molecule has 1 aliphatic rings. The first-order valence-corrected chi connectivity index (χ1v) is 17.5. The molecule has 244 valence electrons. The van der Waals surface area contributed by atoms with E-state index < -0.39 is 24.2 Å². The molecular formula is C51H34O. The Hall–Kier alpha value is -6.44. The monoisotopic (exact) mass is 670 g/mol. The highest BCUT2D eigenvalue weighted by Crippen LogP contribution is 2.50. The molecule has 52 heavy (non-hydrogen) atoms. The Morgan fingerprint density at radius 2 is 1.04 bits per heavy atom. The average Bonchev–Trinajstić information content (AvgIpc) is 3.76. The summed E-state index contributed by atoms with van der Waals surface area (Å²) in [5.74, 6) is 0. The smallest absolute Gasteiger partial charge is 0.143 e. The summed E-state index contributed by atoms with van der Waals surface area (Å²) >= 11 is 0. The zero-order chi connectivity index (χ0) is 41.5. The summed E-state index contributed by atoms with van der Waals surface area (Å²) in [6.07, 6.45) is 0. The lowest BCUT2D eigenvalue weighted by Gasteiger charge is -2.21. The van der Waals surface area contributed by atoms with Crippen molar-refractivity contribution in [3.8, 4) is 44.5 Å². The molecule has 1 aliphatic carbocycles. The summed E-state index contributed by atoms with van der Waals surface area (Å²) in [5, 5.41) is 4.32. The van der Waals surface area contributed by atoms with Crippen LogP contribution < -0.4 is 0 Å². The second kappa shape index (κ2) is 10.8. The van der Waals surface area contributed by atoms with Crippen LogP contribution >= 0.6 is 0 Å². The molecule has 0 saturated heterocycles. The van der Waals surface area contributed by atoms with Gasteiger partial charge in [0.05, 0.1) is 11.0 Å². The van der Waals surface area contributed by atoms with E-state index in [-0.39, 0.29) is 51.1 Å². The minimum absolute atomic E-state index is 0.129. The van der Waals surface area contributed by atoms with Crippen molar-refractivity contribution in [2.24, 2.45) is 0 Å². The summed E-state index contributed by atoms with van der Waals surface area (Å²) in [5.41, 5.74) is 9.82.